The summed E-state index contributed by atoms with van der Waals surface area (Å²) in [7, 11) is 0. The van der Waals surface area contributed by atoms with E-state index < -0.39 is 6.10 Å². The molecule has 0 amide bonds. The summed E-state index contributed by atoms with van der Waals surface area (Å²) in [6.07, 6.45) is 1.33. The van der Waals surface area contributed by atoms with Crippen LogP contribution < -0.4 is 4.90 Å². The van der Waals surface area contributed by atoms with Crippen molar-refractivity contribution >= 4 is 5.82 Å². The summed E-state index contributed by atoms with van der Waals surface area (Å²) >= 11 is 0. The molecular weight excluding hydrogens is 214 g/mol. The van der Waals surface area contributed by atoms with Crippen LogP contribution >= 0.6 is 0 Å². The van der Waals surface area contributed by atoms with Gasteiger partial charge >= 0.3 is 0 Å². The molecule has 94 valence electrons. The Hall–Kier alpha value is -1.13. The average Bonchev–Trinajstić information content (AvgIpc) is 2.39. The Balaban J connectivity index is 1.99. The van der Waals surface area contributed by atoms with Crippen LogP contribution in [0.2, 0.25) is 0 Å². The number of piperazine rings is 1. The average molecular weight is 235 g/mol. The van der Waals surface area contributed by atoms with E-state index in [0.29, 0.717) is 0 Å². The van der Waals surface area contributed by atoms with Gasteiger partial charge in [0.25, 0.3) is 0 Å². The Bertz CT molecular complexity index is 342. The molecule has 1 saturated heterocycles. The lowest BCUT2D eigenvalue weighted by Crippen LogP contribution is -2.46. The number of aliphatic hydroxyl groups excluding tert-OH is 1. The minimum atomic E-state index is -0.437. The van der Waals surface area contributed by atoms with Crippen molar-refractivity contribution in [2.45, 2.75) is 20.0 Å². The normalized spacial score (nSPS) is 19.4. The Morgan fingerprint density at radius 1 is 1.29 bits per heavy atom. The summed E-state index contributed by atoms with van der Waals surface area (Å²) in [4.78, 5) is 9.17. The molecule has 1 aliphatic heterocycles. The second-order valence-electron chi connectivity index (χ2n) is 4.55. The molecule has 1 aromatic rings. The van der Waals surface area contributed by atoms with Gasteiger partial charge in [0.2, 0.25) is 0 Å². The monoisotopic (exact) mass is 235 g/mol. The van der Waals surface area contributed by atoms with Crippen molar-refractivity contribution in [1.82, 2.24) is 9.88 Å². The molecule has 4 nitrogen and oxygen atoms in total. The molecule has 2 heterocycles. The number of aliphatic hydroxyl groups is 1. The summed E-state index contributed by atoms with van der Waals surface area (Å²) < 4.78 is 0. The van der Waals surface area contributed by atoms with Gasteiger partial charge in [0.05, 0.1) is 6.10 Å². The number of aromatic nitrogens is 1. The fourth-order valence-corrected chi connectivity index (χ4v) is 2.12. The first-order valence-electron chi connectivity index (χ1n) is 6.32. The van der Waals surface area contributed by atoms with E-state index in [4.69, 9.17) is 0 Å². The maximum absolute atomic E-state index is 9.43. The number of likely N-dealkylation sites (N-methyl/N-ethyl adjacent to an activating group) is 1. The van der Waals surface area contributed by atoms with Crippen molar-refractivity contribution in [2.24, 2.45) is 0 Å². The van der Waals surface area contributed by atoms with Crippen LogP contribution in [0.25, 0.3) is 0 Å². The molecule has 0 aliphatic carbocycles. The van der Waals surface area contributed by atoms with Gasteiger partial charge in [0.15, 0.2) is 0 Å². The minimum Gasteiger partial charge on any atom is -0.389 e. The molecule has 1 aliphatic rings. The lowest BCUT2D eigenvalue weighted by molar-refractivity contribution is 0.199. The zero-order valence-electron chi connectivity index (χ0n) is 10.6. The highest BCUT2D eigenvalue weighted by Gasteiger charge is 2.16. The fraction of sp³-hybridized carbons (Fsp3) is 0.615. The lowest BCUT2D eigenvalue weighted by Gasteiger charge is -2.34. The number of rotatable bonds is 3. The molecule has 0 aromatic carbocycles. The highest BCUT2D eigenvalue weighted by atomic mass is 16.3. The molecule has 0 bridgehead atoms. The van der Waals surface area contributed by atoms with Crippen LogP contribution in [0.15, 0.2) is 18.3 Å². The second-order valence-corrected chi connectivity index (χ2v) is 4.55. The summed E-state index contributed by atoms with van der Waals surface area (Å²) in [6.45, 7) is 9.38. The molecule has 4 heteroatoms. The number of pyridine rings is 1. The first-order valence-corrected chi connectivity index (χ1v) is 6.32. The summed E-state index contributed by atoms with van der Waals surface area (Å²) in [6, 6.07) is 3.96. The van der Waals surface area contributed by atoms with Gasteiger partial charge in [0, 0.05) is 32.4 Å². The van der Waals surface area contributed by atoms with Gasteiger partial charge in [-0.2, -0.15) is 0 Å². The largest absolute Gasteiger partial charge is 0.389 e. The first kappa shape index (κ1) is 12.3. The third kappa shape index (κ3) is 2.96. The number of nitrogens with zero attached hydrogens (tertiary/aromatic N) is 3. The predicted molar refractivity (Wildman–Crippen MR) is 69.2 cm³/mol. The van der Waals surface area contributed by atoms with Crippen LogP contribution in [0.1, 0.15) is 25.5 Å². The highest BCUT2D eigenvalue weighted by molar-refractivity contribution is 5.40. The Morgan fingerprint density at radius 3 is 2.47 bits per heavy atom. The van der Waals surface area contributed by atoms with E-state index in [1.807, 2.05) is 12.1 Å². The van der Waals surface area contributed by atoms with Crippen molar-refractivity contribution in [2.75, 3.05) is 37.6 Å². The van der Waals surface area contributed by atoms with Crippen molar-refractivity contribution in [3.8, 4) is 0 Å². The summed E-state index contributed by atoms with van der Waals surface area (Å²) in [5.41, 5.74) is 0.876. The van der Waals surface area contributed by atoms with E-state index in [-0.39, 0.29) is 0 Å². The van der Waals surface area contributed by atoms with Gasteiger partial charge < -0.3 is 14.9 Å². The molecular formula is C13H21N3O. The Kier molecular flexibility index (Phi) is 3.97. The molecule has 2 rings (SSSR count). The van der Waals surface area contributed by atoms with Gasteiger partial charge in [-0.25, -0.2) is 4.98 Å². The van der Waals surface area contributed by atoms with Gasteiger partial charge in [-0.1, -0.05) is 13.0 Å². The quantitative estimate of drug-likeness (QED) is 0.856. The maximum atomic E-state index is 9.43. The molecule has 0 unspecified atom stereocenters. The van der Waals surface area contributed by atoms with Crippen LogP contribution in [-0.4, -0.2) is 47.7 Å². The summed E-state index contributed by atoms with van der Waals surface area (Å²) in [5.74, 6) is 1.02. The maximum Gasteiger partial charge on any atom is 0.128 e. The second kappa shape index (κ2) is 5.47. The molecule has 1 fully saturated rings. The van der Waals surface area contributed by atoms with Gasteiger partial charge in [0.1, 0.15) is 5.82 Å². The zero-order valence-corrected chi connectivity index (χ0v) is 10.6. The topological polar surface area (TPSA) is 39.6 Å². The smallest absolute Gasteiger partial charge is 0.128 e. The minimum absolute atomic E-state index is 0.437. The third-order valence-electron chi connectivity index (χ3n) is 3.40. The number of anilines is 1. The summed E-state index contributed by atoms with van der Waals surface area (Å²) in [5, 5.41) is 9.43. The first-order chi connectivity index (χ1) is 8.20. The molecule has 0 saturated carbocycles. The van der Waals surface area contributed by atoms with Crippen LogP contribution in [0, 0.1) is 0 Å². The van der Waals surface area contributed by atoms with Crippen LogP contribution in [0.4, 0.5) is 5.82 Å². The number of hydrogen-bond acceptors (Lipinski definition) is 4. The fourth-order valence-electron chi connectivity index (χ4n) is 2.12. The van der Waals surface area contributed by atoms with Crippen molar-refractivity contribution < 1.29 is 5.11 Å². The van der Waals surface area contributed by atoms with Gasteiger partial charge in [-0.3, -0.25) is 0 Å². The molecule has 17 heavy (non-hydrogen) atoms. The Morgan fingerprint density at radius 2 is 2.00 bits per heavy atom. The third-order valence-corrected chi connectivity index (χ3v) is 3.40. The highest BCUT2D eigenvalue weighted by Crippen LogP contribution is 2.17. The Labute approximate surface area is 103 Å². The molecule has 0 radical (unpaired) electrons. The molecule has 1 atom stereocenters. The standard InChI is InChI=1S/C13H21N3O/c1-3-15-6-8-16(9-7-15)13-5-4-12(10-14-13)11(2)17/h4-5,10-11,17H,3,6-9H2,1-2H3/t11-/m1/s1. The van der Waals surface area contributed by atoms with Gasteiger partial charge in [-0.15, -0.1) is 0 Å². The van der Waals surface area contributed by atoms with E-state index in [1.165, 1.54) is 0 Å². The van der Waals surface area contributed by atoms with Gasteiger partial charge in [-0.05, 0) is 25.1 Å². The molecule has 1 aromatic heterocycles. The zero-order chi connectivity index (χ0) is 12.3. The van der Waals surface area contributed by atoms with E-state index in [9.17, 15) is 5.11 Å². The van der Waals surface area contributed by atoms with E-state index in [1.54, 1.807) is 13.1 Å². The van der Waals surface area contributed by atoms with Crippen molar-refractivity contribution in [1.29, 1.82) is 0 Å². The SMILES string of the molecule is CCN1CCN(c2ccc([C@@H](C)O)cn2)CC1. The van der Waals surface area contributed by atoms with Crippen molar-refractivity contribution in [3.05, 3.63) is 23.9 Å². The van der Waals surface area contributed by atoms with E-state index in [0.717, 1.165) is 44.1 Å². The van der Waals surface area contributed by atoms with Crippen molar-refractivity contribution in [3.63, 3.8) is 0 Å². The molecule has 1 N–H and O–H groups in total. The van der Waals surface area contributed by atoms with E-state index >= 15 is 0 Å². The van der Waals surface area contributed by atoms with Crippen LogP contribution in [0.5, 0.6) is 0 Å². The van der Waals surface area contributed by atoms with E-state index in [2.05, 4.69) is 21.7 Å². The lowest BCUT2D eigenvalue weighted by atomic mass is 10.2. The predicted octanol–water partition coefficient (Wildman–Crippen LogP) is 1.28. The van der Waals surface area contributed by atoms with Crippen LogP contribution in [-0.2, 0) is 0 Å². The molecule has 0 spiro atoms. The van der Waals surface area contributed by atoms with Crippen LogP contribution in [0.3, 0.4) is 0 Å². The number of hydrogen-bond donors (Lipinski definition) is 1.